The number of aliphatic hydroxyl groups excluding tert-OH is 1. The number of nitro groups is 1. The van der Waals surface area contributed by atoms with Crippen molar-refractivity contribution >= 4 is 15.7 Å². The average molecular weight is 300 g/mol. The van der Waals surface area contributed by atoms with E-state index in [2.05, 4.69) is 4.72 Å². The Balaban J connectivity index is 2.30. The van der Waals surface area contributed by atoms with Gasteiger partial charge in [0.2, 0.25) is 10.0 Å². The van der Waals surface area contributed by atoms with Crippen LogP contribution in [0.15, 0.2) is 29.2 Å². The first kappa shape index (κ1) is 14.9. The summed E-state index contributed by atoms with van der Waals surface area (Å²) in [6.07, 6.45) is 2.82. The minimum Gasteiger partial charge on any atom is -0.394 e. The lowest BCUT2D eigenvalue weighted by Crippen LogP contribution is -2.49. The molecule has 2 N–H and O–H groups in total. The number of rotatable bonds is 5. The monoisotopic (exact) mass is 300 g/mol. The van der Waals surface area contributed by atoms with Crippen molar-refractivity contribution in [1.82, 2.24) is 4.72 Å². The van der Waals surface area contributed by atoms with Crippen molar-refractivity contribution in [3.05, 3.63) is 34.4 Å². The number of sulfonamides is 1. The molecule has 7 nitrogen and oxygen atoms in total. The van der Waals surface area contributed by atoms with E-state index in [1.807, 2.05) is 0 Å². The van der Waals surface area contributed by atoms with E-state index in [0.717, 1.165) is 18.9 Å². The van der Waals surface area contributed by atoms with Gasteiger partial charge in [-0.25, -0.2) is 13.1 Å². The minimum atomic E-state index is -3.88. The van der Waals surface area contributed by atoms with E-state index in [1.165, 1.54) is 18.2 Å². The maximum Gasteiger partial charge on any atom is 0.270 e. The fourth-order valence-electron chi connectivity index (χ4n) is 2.45. The number of benzene rings is 1. The molecule has 1 aliphatic carbocycles. The van der Waals surface area contributed by atoms with Gasteiger partial charge in [0.25, 0.3) is 5.69 Å². The van der Waals surface area contributed by atoms with Crippen LogP contribution in [0, 0.1) is 10.1 Å². The van der Waals surface area contributed by atoms with Gasteiger partial charge in [-0.15, -0.1) is 0 Å². The van der Waals surface area contributed by atoms with E-state index >= 15 is 0 Å². The molecule has 0 unspecified atom stereocenters. The SMILES string of the molecule is O=[N+]([O-])c1cccc(S(=O)(=O)NC2(CO)CCCC2)c1. The zero-order valence-corrected chi connectivity index (χ0v) is 11.6. The lowest BCUT2D eigenvalue weighted by atomic mass is 10.0. The Labute approximate surface area is 116 Å². The molecule has 0 aromatic heterocycles. The summed E-state index contributed by atoms with van der Waals surface area (Å²) in [5.74, 6) is 0. The van der Waals surface area contributed by atoms with Gasteiger partial charge in [-0.05, 0) is 18.9 Å². The first-order valence-electron chi connectivity index (χ1n) is 6.28. The Morgan fingerprint density at radius 1 is 1.35 bits per heavy atom. The van der Waals surface area contributed by atoms with Gasteiger partial charge in [-0.1, -0.05) is 18.9 Å². The van der Waals surface area contributed by atoms with Crippen LogP contribution >= 0.6 is 0 Å². The molecule has 1 aromatic carbocycles. The topological polar surface area (TPSA) is 110 Å². The van der Waals surface area contributed by atoms with Crippen LogP contribution in [0.5, 0.6) is 0 Å². The Bertz CT molecular complexity index is 608. The van der Waals surface area contributed by atoms with Crippen LogP contribution in [0.25, 0.3) is 0 Å². The summed E-state index contributed by atoms with van der Waals surface area (Å²) in [5, 5.41) is 20.1. The van der Waals surface area contributed by atoms with Gasteiger partial charge in [0.1, 0.15) is 0 Å². The Morgan fingerprint density at radius 2 is 2.00 bits per heavy atom. The highest BCUT2D eigenvalue weighted by molar-refractivity contribution is 7.89. The fourth-order valence-corrected chi connectivity index (χ4v) is 3.94. The van der Waals surface area contributed by atoms with Gasteiger partial charge in [-0.2, -0.15) is 0 Å². The molecule has 8 heteroatoms. The number of hydrogen-bond acceptors (Lipinski definition) is 5. The molecule has 1 aromatic rings. The normalized spacial score (nSPS) is 18.1. The summed E-state index contributed by atoms with van der Waals surface area (Å²) in [6, 6.07) is 4.88. The molecule has 0 aliphatic heterocycles. The molecule has 1 saturated carbocycles. The van der Waals surface area contributed by atoms with E-state index in [-0.39, 0.29) is 17.2 Å². The highest BCUT2D eigenvalue weighted by Gasteiger charge is 2.37. The number of nitrogens with zero attached hydrogens (tertiary/aromatic N) is 1. The molecular weight excluding hydrogens is 284 g/mol. The molecule has 0 atom stereocenters. The van der Waals surface area contributed by atoms with Crippen molar-refractivity contribution in [2.75, 3.05) is 6.61 Å². The summed E-state index contributed by atoms with van der Waals surface area (Å²) in [6.45, 7) is -0.277. The highest BCUT2D eigenvalue weighted by atomic mass is 32.2. The van der Waals surface area contributed by atoms with Crippen LogP contribution in [-0.4, -0.2) is 30.6 Å². The van der Waals surface area contributed by atoms with Gasteiger partial charge >= 0.3 is 0 Å². The van der Waals surface area contributed by atoms with Crippen molar-refractivity contribution in [3.63, 3.8) is 0 Å². The molecule has 0 spiro atoms. The largest absolute Gasteiger partial charge is 0.394 e. The number of non-ortho nitro benzene ring substituents is 1. The van der Waals surface area contributed by atoms with Crippen LogP contribution in [0.1, 0.15) is 25.7 Å². The molecule has 0 saturated heterocycles. The van der Waals surface area contributed by atoms with E-state index in [4.69, 9.17) is 0 Å². The van der Waals surface area contributed by atoms with Crippen molar-refractivity contribution in [1.29, 1.82) is 0 Å². The van der Waals surface area contributed by atoms with Crippen molar-refractivity contribution in [2.24, 2.45) is 0 Å². The quantitative estimate of drug-likeness (QED) is 0.626. The fraction of sp³-hybridized carbons (Fsp3) is 0.500. The molecule has 1 fully saturated rings. The zero-order chi connectivity index (χ0) is 14.8. The van der Waals surface area contributed by atoms with Gasteiger partial charge in [0, 0.05) is 12.1 Å². The van der Waals surface area contributed by atoms with Crippen LogP contribution in [0.2, 0.25) is 0 Å². The third kappa shape index (κ3) is 2.97. The Morgan fingerprint density at radius 3 is 2.55 bits per heavy atom. The van der Waals surface area contributed by atoms with E-state index in [1.54, 1.807) is 0 Å². The minimum absolute atomic E-state index is 0.161. The molecule has 0 bridgehead atoms. The molecule has 0 radical (unpaired) electrons. The van der Waals surface area contributed by atoms with Gasteiger partial charge < -0.3 is 5.11 Å². The Kier molecular flexibility index (Phi) is 4.07. The van der Waals surface area contributed by atoms with E-state index in [9.17, 15) is 23.6 Å². The molecular formula is C12H16N2O5S. The van der Waals surface area contributed by atoms with Crippen LogP contribution < -0.4 is 4.72 Å². The first-order valence-corrected chi connectivity index (χ1v) is 7.76. The summed E-state index contributed by atoms with van der Waals surface area (Å²) >= 11 is 0. The number of hydrogen-bond donors (Lipinski definition) is 2. The molecule has 2 rings (SSSR count). The maximum absolute atomic E-state index is 12.3. The predicted octanol–water partition coefficient (Wildman–Crippen LogP) is 1.18. The Hall–Kier alpha value is -1.51. The van der Waals surface area contributed by atoms with Crippen LogP contribution in [-0.2, 0) is 10.0 Å². The van der Waals surface area contributed by atoms with Gasteiger partial charge in [-0.3, -0.25) is 10.1 Å². The third-order valence-corrected chi connectivity index (χ3v) is 5.13. The third-order valence-electron chi connectivity index (χ3n) is 3.55. The van der Waals surface area contributed by atoms with Gasteiger partial charge in [0.05, 0.1) is 22.0 Å². The number of nitrogens with one attached hydrogen (secondary N) is 1. The maximum atomic E-state index is 12.3. The molecule has 0 heterocycles. The van der Waals surface area contributed by atoms with Crippen LogP contribution in [0.4, 0.5) is 5.69 Å². The smallest absolute Gasteiger partial charge is 0.270 e. The second kappa shape index (κ2) is 5.47. The zero-order valence-electron chi connectivity index (χ0n) is 10.8. The first-order chi connectivity index (χ1) is 9.38. The summed E-state index contributed by atoms with van der Waals surface area (Å²) in [4.78, 5) is 9.89. The molecule has 0 amide bonds. The van der Waals surface area contributed by atoms with Crippen molar-refractivity contribution in [2.45, 2.75) is 36.1 Å². The second-order valence-electron chi connectivity index (χ2n) is 5.01. The standard InChI is InChI=1S/C12H16N2O5S/c15-9-12(6-1-2-7-12)13-20(18,19)11-5-3-4-10(8-11)14(16)17/h3-5,8,13,15H,1-2,6-7,9H2. The molecule has 1 aliphatic rings. The number of aliphatic hydroxyl groups is 1. The van der Waals surface area contributed by atoms with E-state index < -0.39 is 20.5 Å². The predicted molar refractivity (Wildman–Crippen MR) is 71.7 cm³/mol. The lowest BCUT2D eigenvalue weighted by molar-refractivity contribution is -0.385. The van der Waals surface area contributed by atoms with E-state index in [0.29, 0.717) is 12.8 Å². The lowest BCUT2D eigenvalue weighted by Gasteiger charge is -2.27. The van der Waals surface area contributed by atoms with Crippen LogP contribution in [0.3, 0.4) is 0 Å². The summed E-state index contributed by atoms with van der Waals surface area (Å²) in [7, 11) is -3.88. The van der Waals surface area contributed by atoms with Crippen molar-refractivity contribution < 1.29 is 18.4 Å². The average Bonchev–Trinajstić information content (AvgIpc) is 2.87. The summed E-state index contributed by atoms with van der Waals surface area (Å²) in [5.41, 5.74) is -1.12. The molecule has 20 heavy (non-hydrogen) atoms. The van der Waals surface area contributed by atoms with Crippen molar-refractivity contribution in [3.8, 4) is 0 Å². The number of nitro benzene ring substituents is 1. The summed E-state index contributed by atoms with van der Waals surface area (Å²) < 4.78 is 27.1. The van der Waals surface area contributed by atoms with Gasteiger partial charge in [0.15, 0.2) is 0 Å². The molecule has 110 valence electrons. The second-order valence-corrected chi connectivity index (χ2v) is 6.69. The highest BCUT2D eigenvalue weighted by Crippen LogP contribution is 2.31.